The van der Waals surface area contributed by atoms with Gasteiger partial charge in [-0.25, -0.2) is 0 Å². The molecule has 0 fully saturated rings. The molecule has 100 valence electrons. The first-order valence-electron chi connectivity index (χ1n) is 6.19. The van der Waals surface area contributed by atoms with Crippen LogP contribution in [0.3, 0.4) is 0 Å². The standard InChI is InChI=1S/C14H26OS2/c1-5-7-11(3)13(15)10-17-14(9-16)12(4)8-6-2/h5-6,11-16H,1-2,7-10H2,3-4H3. The number of aliphatic hydroxyl groups is 1. The highest BCUT2D eigenvalue weighted by Crippen LogP contribution is 2.26. The van der Waals surface area contributed by atoms with Crippen LogP contribution in [0.4, 0.5) is 0 Å². The van der Waals surface area contributed by atoms with E-state index >= 15 is 0 Å². The molecular weight excluding hydrogens is 248 g/mol. The van der Waals surface area contributed by atoms with Crippen LogP contribution in [0.1, 0.15) is 26.7 Å². The minimum Gasteiger partial charge on any atom is -0.392 e. The normalized spacial score (nSPS) is 18.1. The fraction of sp³-hybridized carbons (Fsp3) is 0.714. The SMILES string of the molecule is C=CCC(C)C(O)CSC(CS)C(C)CC=C. The number of hydrogen-bond acceptors (Lipinski definition) is 3. The van der Waals surface area contributed by atoms with Gasteiger partial charge in [0.05, 0.1) is 6.10 Å². The predicted octanol–water partition coefficient (Wildman–Crippen LogP) is 3.80. The zero-order chi connectivity index (χ0) is 13.3. The number of thioether (sulfide) groups is 1. The van der Waals surface area contributed by atoms with Crippen LogP contribution in [0, 0.1) is 11.8 Å². The molecule has 4 atom stereocenters. The summed E-state index contributed by atoms with van der Waals surface area (Å²) in [6.45, 7) is 11.8. The van der Waals surface area contributed by atoms with Gasteiger partial charge in [0, 0.05) is 16.8 Å². The minimum atomic E-state index is -0.253. The molecule has 3 heteroatoms. The molecule has 0 aliphatic rings. The summed E-state index contributed by atoms with van der Waals surface area (Å²) >= 11 is 6.21. The second-order valence-corrected chi connectivity index (χ2v) is 6.26. The van der Waals surface area contributed by atoms with Crippen LogP contribution < -0.4 is 0 Å². The summed E-state index contributed by atoms with van der Waals surface area (Å²) in [6, 6.07) is 0. The second-order valence-electron chi connectivity index (χ2n) is 4.63. The van der Waals surface area contributed by atoms with E-state index in [1.807, 2.05) is 23.9 Å². The average molecular weight is 274 g/mol. The summed E-state index contributed by atoms with van der Waals surface area (Å²) in [4.78, 5) is 0. The van der Waals surface area contributed by atoms with Gasteiger partial charge in [0.2, 0.25) is 0 Å². The van der Waals surface area contributed by atoms with Gasteiger partial charge < -0.3 is 5.11 Å². The van der Waals surface area contributed by atoms with Crippen LogP contribution in [0.5, 0.6) is 0 Å². The molecule has 0 aliphatic carbocycles. The lowest BCUT2D eigenvalue weighted by Gasteiger charge is -2.24. The molecule has 0 aromatic heterocycles. The molecule has 1 N–H and O–H groups in total. The van der Waals surface area contributed by atoms with Crippen molar-refractivity contribution in [1.82, 2.24) is 0 Å². The van der Waals surface area contributed by atoms with Gasteiger partial charge in [0.1, 0.15) is 0 Å². The molecule has 0 saturated heterocycles. The largest absolute Gasteiger partial charge is 0.392 e. The van der Waals surface area contributed by atoms with Crippen molar-refractivity contribution in [3.05, 3.63) is 25.3 Å². The number of aliphatic hydroxyl groups excluding tert-OH is 1. The molecule has 0 radical (unpaired) electrons. The molecule has 0 aromatic carbocycles. The molecule has 17 heavy (non-hydrogen) atoms. The first kappa shape index (κ1) is 17.1. The molecular formula is C14H26OS2. The highest BCUT2D eigenvalue weighted by atomic mass is 32.2. The Hall–Kier alpha value is 0.140. The van der Waals surface area contributed by atoms with E-state index in [1.165, 1.54) is 0 Å². The number of allylic oxidation sites excluding steroid dienone is 2. The van der Waals surface area contributed by atoms with Gasteiger partial charge >= 0.3 is 0 Å². The molecule has 0 aromatic rings. The molecule has 1 nitrogen and oxygen atoms in total. The van der Waals surface area contributed by atoms with Crippen molar-refractivity contribution in [2.45, 2.75) is 38.0 Å². The van der Waals surface area contributed by atoms with Gasteiger partial charge in [0.15, 0.2) is 0 Å². The number of hydrogen-bond donors (Lipinski definition) is 2. The van der Waals surface area contributed by atoms with Gasteiger partial charge in [-0.15, -0.1) is 13.2 Å². The van der Waals surface area contributed by atoms with Crippen LogP contribution in [-0.2, 0) is 0 Å². The minimum absolute atomic E-state index is 0.253. The Balaban J connectivity index is 4.04. The zero-order valence-corrected chi connectivity index (χ0v) is 12.7. The Morgan fingerprint density at radius 2 is 1.71 bits per heavy atom. The zero-order valence-electron chi connectivity index (χ0n) is 11.0. The molecule has 0 bridgehead atoms. The van der Waals surface area contributed by atoms with Crippen molar-refractivity contribution in [2.24, 2.45) is 11.8 Å². The van der Waals surface area contributed by atoms with Crippen molar-refractivity contribution in [3.8, 4) is 0 Å². The Bertz CT molecular complexity index is 218. The lowest BCUT2D eigenvalue weighted by atomic mass is 10.0. The van der Waals surface area contributed by atoms with E-state index in [9.17, 15) is 5.11 Å². The average Bonchev–Trinajstić information content (AvgIpc) is 2.30. The fourth-order valence-electron chi connectivity index (χ4n) is 1.62. The predicted molar refractivity (Wildman–Crippen MR) is 84.1 cm³/mol. The van der Waals surface area contributed by atoms with Crippen LogP contribution >= 0.6 is 24.4 Å². The Kier molecular flexibility index (Phi) is 10.2. The monoisotopic (exact) mass is 274 g/mol. The van der Waals surface area contributed by atoms with Gasteiger partial charge in [-0.1, -0.05) is 26.0 Å². The van der Waals surface area contributed by atoms with Crippen molar-refractivity contribution in [2.75, 3.05) is 11.5 Å². The quantitative estimate of drug-likeness (QED) is 0.467. The van der Waals surface area contributed by atoms with Crippen molar-refractivity contribution < 1.29 is 5.11 Å². The van der Waals surface area contributed by atoms with E-state index in [0.717, 1.165) is 24.3 Å². The van der Waals surface area contributed by atoms with Crippen molar-refractivity contribution in [1.29, 1.82) is 0 Å². The van der Waals surface area contributed by atoms with Crippen LogP contribution in [-0.4, -0.2) is 28.0 Å². The molecule has 0 aliphatic heterocycles. The maximum atomic E-state index is 9.99. The van der Waals surface area contributed by atoms with E-state index in [-0.39, 0.29) is 12.0 Å². The lowest BCUT2D eigenvalue weighted by Crippen LogP contribution is -2.24. The van der Waals surface area contributed by atoms with E-state index < -0.39 is 0 Å². The molecule has 0 heterocycles. The number of thiol groups is 1. The van der Waals surface area contributed by atoms with Crippen molar-refractivity contribution in [3.63, 3.8) is 0 Å². The Labute approximate surface area is 116 Å². The van der Waals surface area contributed by atoms with E-state index in [4.69, 9.17) is 0 Å². The first-order valence-corrected chi connectivity index (χ1v) is 7.87. The van der Waals surface area contributed by atoms with Gasteiger partial charge in [-0.05, 0) is 24.7 Å². The summed E-state index contributed by atoms with van der Waals surface area (Å²) in [5, 5.41) is 10.5. The Morgan fingerprint density at radius 1 is 1.18 bits per heavy atom. The maximum Gasteiger partial charge on any atom is 0.0659 e. The summed E-state index contributed by atoms with van der Waals surface area (Å²) in [5.74, 6) is 2.48. The van der Waals surface area contributed by atoms with Crippen LogP contribution in [0.15, 0.2) is 25.3 Å². The molecule has 0 spiro atoms. The number of rotatable bonds is 10. The van der Waals surface area contributed by atoms with Gasteiger partial charge in [-0.2, -0.15) is 24.4 Å². The lowest BCUT2D eigenvalue weighted by molar-refractivity contribution is 0.141. The molecule has 4 unspecified atom stereocenters. The second kappa shape index (κ2) is 10.1. The van der Waals surface area contributed by atoms with Crippen LogP contribution in [0.2, 0.25) is 0 Å². The smallest absolute Gasteiger partial charge is 0.0659 e. The molecule has 0 saturated carbocycles. The van der Waals surface area contributed by atoms with E-state index in [0.29, 0.717) is 11.2 Å². The van der Waals surface area contributed by atoms with Gasteiger partial charge in [0.25, 0.3) is 0 Å². The maximum absolute atomic E-state index is 9.99. The van der Waals surface area contributed by atoms with Crippen LogP contribution in [0.25, 0.3) is 0 Å². The fourth-order valence-corrected chi connectivity index (χ4v) is 3.61. The van der Waals surface area contributed by atoms with E-state index in [2.05, 4.69) is 39.6 Å². The molecule has 0 amide bonds. The van der Waals surface area contributed by atoms with Gasteiger partial charge in [-0.3, -0.25) is 0 Å². The third-order valence-corrected chi connectivity index (χ3v) is 5.26. The Morgan fingerprint density at radius 3 is 2.18 bits per heavy atom. The highest BCUT2D eigenvalue weighted by molar-refractivity contribution is 8.00. The third kappa shape index (κ3) is 7.22. The summed E-state index contributed by atoms with van der Waals surface area (Å²) in [5.41, 5.74) is 0. The summed E-state index contributed by atoms with van der Waals surface area (Å²) in [6.07, 6.45) is 5.45. The first-order chi connectivity index (χ1) is 8.06. The third-order valence-electron chi connectivity index (χ3n) is 3.03. The van der Waals surface area contributed by atoms with E-state index in [1.54, 1.807) is 0 Å². The highest BCUT2D eigenvalue weighted by Gasteiger charge is 2.19. The molecule has 0 rings (SSSR count). The summed E-state index contributed by atoms with van der Waals surface area (Å²) < 4.78 is 0. The summed E-state index contributed by atoms with van der Waals surface area (Å²) in [7, 11) is 0. The topological polar surface area (TPSA) is 20.2 Å². The van der Waals surface area contributed by atoms with Crippen molar-refractivity contribution >= 4 is 24.4 Å².